The Bertz CT molecular complexity index is 572. The van der Waals surface area contributed by atoms with E-state index in [-0.39, 0.29) is 0 Å². The Balaban J connectivity index is 2.12. The second kappa shape index (κ2) is 7.28. The number of hydrogen-bond acceptors (Lipinski definition) is 2. The summed E-state index contributed by atoms with van der Waals surface area (Å²) >= 11 is 0. The van der Waals surface area contributed by atoms with Crippen LogP contribution >= 0.6 is 0 Å². The average Bonchev–Trinajstić information content (AvgIpc) is 2.45. The van der Waals surface area contributed by atoms with Crippen LogP contribution in [0.25, 0.3) is 0 Å². The van der Waals surface area contributed by atoms with E-state index in [2.05, 4.69) is 63.3 Å². The van der Waals surface area contributed by atoms with Crippen LogP contribution in [0.4, 0.5) is 0 Å². The number of benzene rings is 2. The van der Waals surface area contributed by atoms with Crippen LogP contribution in [0.5, 0.6) is 5.75 Å². The summed E-state index contributed by atoms with van der Waals surface area (Å²) in [6.07, 6.45) is 0. The molecule has 0 amide bonds. The third-order valence-electron chi connectivity index (χ3n) is 3.57. The molecule has 1 atom stereocenters. The molecule has 2 rings (SSSR count). The van der Waals surface area contributed by atoms with Gasteiger partial charge in [0.2, 0.25) is 0 Å². The van der Waals surface area contributed by atoms with Crippen molar-refractivity contribution in [3.05, 3.63) is 64.7 Å². The first kappa shape index (κ1) is 15.6. The molecule has 0 aliphatic heterocycles. The van der Waals surface area contributed by atoms with Gasteiger partial charge in [0.25, 0.3) is 0 Å². The SMILES string of the molecule is CCNC(C)c1ccccc1OCc1cc(C)cc(C)c1. The Morgan fingerprint density at radius 2 is 1.71 bits per heavy atom. The maximum atomic E-state index is 6.06. The summed E-state index contributed by atoms with van der Waals surface area (Å²) in [6, 6.07) is 15.1. The molecule has 0 heterocycles. The molecule has 2 heteroatoms. The van der Waals surface area contributed by atoms with Crippen LogP contribution in [0, 0.1) is 13.8 Å². The average molecular weight is 283 g/mol. The molecule has 2 aromatic rings. The lowest BCUT2D eigenvalue weighted by molar-refractivity contribution is 0.299. The summed E-state index contributed by atoms with van der Waals surface area (Å²) < 4.78 is 6.06. The van der Waals surface area contributed by atoms with E-state index in [1.165, 1.54) is 22.3 Å². The Kier molecular flexibility index (Phi) is 5.40. The molecule has 1 N–H and O–H groups in total. The zero-order chi connectivity index (χ0) is 15.2. The van der Waals surface area contributed by atoms with E-state index >= 15 is 0 Å². The number of ether oxygens (including phenoxy) is 1. The van der Waals surface area contributed by atoms with E-state index in [0.717, 1.165) is 12.3 Å². The van der Waals surface area contributed by atoms with Crippen LogP contribution in [0.3, 0.4) is 0 Å². The monoisotopic (exact) mass is 283 g/mol. The van der Waals surface area contributed by atoms with Gasteiger partial charge in [-0.2, -0.15) is 0 Å². The van der Waals surface area contributed by atoms with Crippen molar-refractivity contribution in [3.63, 3.8) is 0 Å². The van der Waals surface area contributed by atoms with E-state index < -0.39 is 0 Å². The molecule has 0 spiro atoms. The van der Waals surface area contributed by atoms with Gasteiger partial charge in [-0.15, -0.1) is 0 Å². The smallest absolute Gasteiger partial charge is 0.124 e. The molecule has 0 fully saturated rings. The predicted octanol–water partition coefficient (Wildman–Crippen LogP) is 4.55. The fraction of sp³-hybridized carbons (Fsp3) is 0.368. The first-order chi connectivity index (χ1) is 10.1. The van der Waals surface area contributed by atoms with Gasteiger partial charge in [-0.05, 0) is 38.9 Å². The first-order valence-corrected chi connectivity index (χ1v) is 7.62. The van der Waals surface area contributed by atoms with Crippen LogP contribution in [0.15, 0.2) is 42.5 Å². The van der Waals surface area contributed by atoms with Gasteiger partial charge >= 0.3 is 0 Å². The molecule has 0 bridgehead atoms. The molecule has 0 aromatic heterocycles. The van der Waals surface area contributed by atoms with Crippen LogP contribution < -0.4 is 10.1 Å². The van der Waals surface area contributed by atoms with Gasteiger partial charge in [-0.3, -0.25) is 0 Å². The van der Waals surface area contributed by atoms with Crippen molar-refractivity contribution in [1.82, 2.24) is 5.32 Å². The minimum absolute atomic E-state index is 0.297. The number of rotatable bonds is 6. The van der Waals surface area contributed by atoms with E-state index in [0.29, 0.717) is 12.6 Å². The van der Waals surface area contributed by atoms with E-state index in [4.69, 9.17) is 4.74 Å². The summed E-state index contributed by atoms with van der Waals surface area (Å²) in [5, 5.41) is 3.44. The lowest BCUT2D eigenvalue weighted by atomic mass is 10.1. The standard InChI is InChI=1S/C19H25NO/c1-5-20-16(4)18-8-6-7-9-19(18)21-13-17-11-14(2)10-15(3)12-17/h6-12,16,20H,5,13H2,1-4H3. The summed E-state index contributed by atoms with van der Waals surface area (Å²) in [5.74, 6) is 0.963. The Labute approximate surface area is 128 Å². The van der Waals surface area contributed by atoms with Crippen molar-refractivity contribution in [3.8, 4) is 5.75 Å². The van der Waals surface area contributed by atoms with Gasteiger partial charge in [0.15, 0.2) is 0 Å². The molecule has 0 aliphatic rings. The minimum atomic E-state index is 0.297. The molecule has 1 unspecified atom stereocenters. The van der Waals surface area contributed by atoms with Crippen LogP contribution in [-0.2, 0) is 6.61 Å². The fourth-order valence-electron chi connectivity index (χ4n) is 2.70. The quantitative estimate of drug-likeness (QED) is 0.839. The lowest BCUT2D eigenvalue weighted by Crippen LogP contribution is -2.18. The zero-order valence-electron chi connectivity index (χ0n) is 13.4. The number of nitrogens with one attached hydrogen (secondary N) is 1. The summed E-state index contributed by atoms with van der Waals surface area (Å²) in [5.41, 5.74) is 4.99. The molecule has 21 heavy (non-hydrogen) atoms. The van der Waals surface area contributed by atoms with Crippen molar-refractivity contribution in [2.75, 3.05) is 6.54 Å². The highest BCUT2D eigenvalue weighted by Crippen LogP contribution is 2.25. The minimum Gasteiger partial charge on any atom is -0.489 e. The van der Waals surface area contributed by atoms with Crippen LogP contribution in [-0.4, -0.2) is 6.54 Å². The molecular weight excluding hydrogens is 258 g/mol. The second-order valence-electron chi connectivity index (χ2n) is 5.60. The first-order valence-electron chi connectivity index (χ1n) is 7.62. The summed E-state index contributed by atoms with van der Waals surface area (Å²) in [6.45, 7) is 10.1. The summed E-state index contributed by atoms with van der Waals surface area (Å²) in [4.78, 5) is 0. The Hall–Kier alpha value is -1.80. The largest absolute Gasteiger partial charge is 0.489 e. The highest BCUT2D eigenvalue weighted by molar-refractivity contribution is 5.36. The van der Waals surface area contributed by atoms with Crippen molar-refractivity contribution in [1.29, 1.82) is 0 Å². The lowest BCUT2D eigenvalue weighted by Gasteiger charge is -2.18. The Morgan fingerprint density at radius 3 is 2.38 bits per heavy atom. The molecule has 0 saturated heterocycles. The van der Waals surface area contributed by atoms with Crippen molar-refractivity contribution in [2.24, 2.45) is 0 Å². The number of hydrogen-bond donors (Lipinski definition) is 1. The predicted molar refractivity (Wildman–Crippen MR) is 88.8 cm³/mol. The number of aryl methyl sites for hydroxylation is 2. The van der Waals surface area contributed by atoms with Gasteiger partial charge in [0, 0.05) is 11.6 Å². The third-order valence-corrected chi connectivity index (χ3v) is 3.57. The molecular formula is C19H25NO. The molecule has 2 nitrogen and oxygen atoms in total. The topological polar surface area (TPSA) is 21.3 Å². The highest BCUT2D eigenvalue weighted by Gasteiger charge is 2.10. The van der Waals surface area contributed by atoms with Gasteiger partial charge in [-0.1, -0.05) is 54.4 Å². The zero-order valence-corrected chi connectivity index (χ0v) is 13.4. The van der Waals surface area contributed by atoms with Crippen molar-refractivity contribution < 1.29 is 4.74 Å². The maximum absolute atomic E-state index is 6.06. The molecule has 112 valence electrons. The van der Waals surface area contributed by atoms with Gasteiger partial charge < -0.3 is 10.1 Å². The van der Waals surface area contributed by atoms with Crippen LogP contribution in [0.1, 0.15) is 42.1 Å². The molecule has 2 aromatic carbocycles. The third kappa shape index (κ3) is 4.33. The van der Waals surface area contributed by atoms with E-state index in [9.17, 15) is 0 Å². The maximum Gasteiger partial charge on any atom is 0.124 e. The normalized spacial score (nSPS) is 12.2. The highest BCUT2D eigenvalue weighted by atomic mass is 16.5. The second-order valence-corrected chi connectivity index (χ2v) is 5.60. The van der Waals surface area contributed by atoms with Crippen molar-refractivity contribution >= 4 is 0 Å². The molecule has 0 saturated carbocycles. The van der Waals surface area contributed by atoms with Crippen LogP contribution in [0.2, 0.25) is 0 Å². The van der Waals surface area contributed by atoms with E-state index in [1.54, 1.807) is 0 Å². The molecule has 0 aliphatic carbocycles. The van der Waals surface area contributed by atoms with Gasteiger partial charge in [-0.25, -0.2) is 0 Å². The van der Waals surface area contributed by atoms with Gasteiger partial charge in [0.1, 0.15) is 12.4 Å². The number of para-hydroxylation sites is 1. The molecule has 0 radical (unpaired) electrons. The van der Waals surface area contributed by atoms with Gasteiger partial charge in [0.05, 0.1) is 0 Å². The fourth-order valence-corrected chi connectivity index (χ4v) is 2.70. The summed E-state index contributed by atoms with van der Waals surface area (Å²) in [7, 11) is 0. The van der Waals surface area contributed by atoms with Crippen molar-refractivity contribution in [2.45, 2.75) is 40.3 Å². The van der Waals surface area contributed by atoms with E-state index in [1.807, 2.05) is 12.1 Å². The Morgan fingerprint density at radius 1 is 1.05 bits per heavy atom.